The lowest BCUT2D eigenvalue weighted by Crippen LogP contribution is -2.37. The van der Waals surface area contributed by atoms with Crippen LogP contribution in [0.2, 0.25) is 0 Å². The molecule has 40 heavy (non-hydrogen) atoms. The number of carboxylic acid groups (broad SMARTS) is 1. The SMILES string of the molecule is CC(C)(Oc1ccc(OC(C2=CC=CC3C2C=NN3c2ccc(C(F)(F)F)cc2)c2ccccc2)cc1)C(=O)O. The van der Waals surface area contributed by atoms with Crippen LogP contribution < -0.4 is 14.5 Å². The van der Waals surface area contributed by atoms with Crippen LogP contribution in [0.25, 0.3) is 0 Å². The molecule has 6 nitrogen and oxygen atoms in total. The van der Waals surface area contributed by atoms with E-state index in [2.05, 4.69) is 5.10 Å². The minimum Gasteiger partial charge on any atom is -0.481 e. The lowest BCUT2D eigenvalue weighted by atomic mass is 9.83. The van der Waals surface area contributed by atoms with Crippen molar-refractivity contribution < 1.29 is 32.5 Å². The average molecular weight is 549 g/mol. The molecule has 3 atom stereocenters. The Labute approximate surface area is 229 Å². The number of alkyl halides is 3. The van der Waals surface area contributed by atoms with Gasteiger partial charge >= 0.3 is 12.1 Å². The summed E-state index contributed by atoms with van der Waals surface area (Å²) in [7, 11) is 0. The van der Waals surface area contributed by atoms with Crippen molar-refractivity contribution in [3.63, 3.8) is 0 Å². The molecule has 0 spiro atoms. The number of halogens is 3. The smallest absolute Gasteiger partial charge is 0.416 e. The number of hydrogen-bond acceptors (Lipinski definition) is 5. The van der Waals surface area contributed by atoms with Crippen LogP contribution >= 0.6 is 0 Å². The van der Waals surface area contributed by atoms with Crippen LogP contribution in [-0.4, -0.2) is 28.9 Å². The van der Waals surface area contributed by atoms with E-state index in [-0.39, 0.29) is 12.0 Å². The van der Waals surface area contributed by atoms with Gasteiger partial charge in [0.2, 0.25) is 0 Å². The predicted molar refractivity (Wildman–Crippen MR) is 146 cm³/mol. The highest BCUT2D eigenvalue weighted by molar-refractivity contribution is 5.77. The van der Waals surface area contributed by atoms with Gasteiger partial charge in [-0.25, -0.2) is 4.79 Å². The topological polar surface area (TPSA) is 71.4 Å². The minimum absolute atomic E-state index is 0.184. The second kappa shape index (κ2) is 10.6. The third-order valence-corrected chi connectivity index (χ3v) is 6.81. The van der Waals surface area contributed by atoms with Gasteiger partial charge in [0.25, 0.3) is 0 Å². The number of allylic oxidation sites excluding steroid dienone is 2. The van der Waals surface area contributed by atoms with Gasteiger partial charge in [0.05, 0.1) is 17.3 Å². The average Bonchev–Trinajstić information content (AvgIpc) is 3.37. The summed E-state index contributed by atoms with van der Waals surface area (Å²) >= 11 is 0. The van der Waals surface area contributed by atoms with Crippen molar-refractivity contribution in [1.82, 2.24) is 0 Å². The number of ether oxygens (including phenoxy) is 2. The molecule has 5 rings (SSSR count). The number of hydrogen-bond donors (Lipinski definition) is 1. The number of carboxylic acids is 1. The van der Waals surface area contributed by atoms with Crippen molar-refractivity contribution >= 4 is 17.9 Å². The molecule has 3 unspecified atom stereocenters. The number of anilines is 1. The van der Waals surface area contributed by atoms with Crippen LogP contribution in [0.5, 0.6) is 11.5 Å². The summed E-state index contributed by atoms with van der Waals surface area (Å²) in [5.41, 5.74) is 0.306. The van der Waals surface area contributed by atoms with Crippen LogP contribution in [0.1, 0.15) is 31.1 Å². The highest BCUT2D eigenvalue weighted by Gasteiger charge is 2.38. The normalized spacial score (nSPS) is 19.1. The van der Waals surface area contributed by atoms with Crippen LogP contribution in [-0.2, 0) is 11.0 Å². The fourth-order valence-electron chi connectivity index (χ4n) is 4.66. The molecule has 0 saturated heterocycles. The number of fused-ring (bicyclic) bond motifs is 1. The van der Waals surface area contributed by atoms with E-state index in [1.165, 1.54) is 26.0 Å². The first-order valence-electron chi connectivity index (χ1n) is 12.7. The van der Waals surface area contributed by atoms with E-state index < -0.39 is 29.4 Å². The summed E-state index contributed by atoms with van der Waals surface area (Å²) in [6.45, 7) is 2.95. The zero-order chi connectivity index (χ0) is 28.5. The molecule has 0 radical (unpaired) electrons. The first-order chi connectivity index (χ1) is 19.0. The maximum absolute atomic E-state index is 13.1. The van der Waals surface area contributed by atoms with E-state index in [9.17, 15) is 23.1 Å². The summed E-state index contributed by atoms with van der Waals surface area (Å²) in [4.78, 5) is 11.4. The summed E-state index contributed by atoms with van der Waals surface area (Å²) in [6, 6.07) is 21.2. The fourth-order valence-corrected chi connectivity index (χ4v) is 4.66. The maximum Gasteiger partial charge on any atom is 0.416 e. The molecule has 3 aromatic rings. The molecule has 0 aromatic heterocycles. The van der Waals surface area contributed by atoms with E-state index in [0.717, 1.165) is 23.3 Å². The van der Waals surface area contributed by atoms with Crippen molar-refractivity contribution in [1.29, 1.82) is 0 Å². The minimum atomic E-state index is -4.41. The van der Waals surface area contributed by atoms with Crippen molar-refractivity contribution in [2.45, 2.75) is 37.8 Å². The molecule has 206 valence electrons. The molecule has 3 aromatic carbocycles. The van der Waals surface area contributed by atoms with Gasteiger partial charge in [0, 0.05) is 12.1 Å². The third-order valence-electron chi connectivity index (χ3n) is 6.81. The number of nitrogens with zero attached hydrogens (tertiary/aromatic N) is 2. The Bertz CT molecular complexity index is 1450. The first kappa shape index (κ1) is 27.1. The second-order valence-corrected chi connectivity index (χ2v) is 10.0. The first-order valence-corrected chi connectivity index (χ1v) is 12.7. The molecule has 0 fully saturated rings. The van der Waals surface area contributed by atoms with Gasteiger partial charge < -0.3 is 14.6 Å². The zero-order valence-corrected chi connectivity index (χ0v) is 21.7. The number of benzene rings is 3. The molecule has 2 aliphatic rings. The van der Waals surface area contributed by atoms with E-state index in [1.807, 2.05) is 48.6 Å². The molecule has 0 bridgehead atoms. The Morgan fingerprint density at radius 2 is 1.60 bits per heavy atom. The lowest BCUT2D eigenvalue weighted by molar-refractivity contribution is -0.152. The number of hydrazone groups is 1. The van der Waals surface area contributed by atoms with E-state index in [0.29, 0.717) is 17.2 Å². The third kappa shape index (κ3) is 5.59. The Kier molecular flexibility index (Phi) is 7.14. The zero-order valence-electron chi connectivity index (χ0n) is 21.7. The van der Waals surface area contributed by atoms with E-state index >= 15 is 0 Å². The molecular weight excluding hydrogens is 521 g/mol. The van der Waals surface area contributed by atoms with Crippen LogP contribution in [0.3, 0.4) is 0 Å². The standard InChI is InChI=1S/C31H27F3N2O4/c1-30(2,29(37)38)40-24-17-15-23(16-18-24)39-28(20-7-4-3-5-8-20)25-9-6-10-27-26(25)19-35-36(27)22-13-11-21(12-14-22)31(32,33)34/h3-19,26-28H,1-2H3,(H,37,38). The predicted octanol–water partition coefficient (Wildman–Crippen LogP) is 7.05. The van der Waals surface area contributed by atoms with Gasteiger partial charge in [-0.2, -0.15) is 18.3 Å². The van der Waals surface area contributed by atoms with Gasteiger partial charge in [-0.05, 0) is 73.5 Å². The summed E-state index contributed by atoms with van der Waals surface area (Å²) in [6.07, 6.45) is 2.76. The quantitative estimate of drug-likeness (QED) is 0.327. The highest BCUT2D eigenvalue weighted by Crippen LogP contribution is 2.41. The number of aliphatic carboxylic acids is 1. The van der Waals surface area contributed by atoms with Crippen molar-refractivity contribution in [3.05, 3.63) is 114 Å². The van der Waals surface area contributed by atoms with Crippen LogP contribution in [0.15, 0.2) is 108 Å². The molecule has 1 N–H and O–H groups in total. The largest absolute Gasteiger partial charge is 0.481 e. The number of carbonyl (C=O) groups is 1. The van der Waals surface area contributed by atoms with Gasteiger partial charge in [-0.1, -0.05) is 48.6 Å². The van der Waals surface area contributed by atoms with Crippen molar-refractivity contribution in [3.8, 4) is 11.5 Å². The second-order valence-electron chi connectivity index (χ2n) is 10.0. The maximum atomic E-state index is 13.1. The molecule has 1 aliphatic heterocycles. The van der Waals surface area contributed by atoms with Gasteiger partial charge in [-0.15, -0.1) is 0 Å². The van der Waals surface area contributed by atoms with Crippen LogP contribution in [0.4, 0.5) is 18.9 Å². The van der Waals surface area contributed by atoms with Gasteiger partial charge in [-0.3, -0.25) is 5.01 Å². The molecular formula is C31H27F3N2O4. The Balaban J connectivity index is 1.39. The Morgan fingerprint density at radius 1 is 0.950 bits per heavy atom. The molecule has 9 heteroatoms. The summed E-state index contributed by atoms with van der Waals surface area (Å²) < 4.78 is 51.3. The Hall–Kier alpha value is -4.53. The molecule has 1 heterocycles. The van der Waals surface area contributed by atoms with Crippen molar-refractivity contribution in [2.75, 3.05) is 5.01 Å². The summed E-state index contributed by atoms with van der Waals surface area (Å²) in [5.74, 6) is -0.314. The van der Waals surface area contributed by atoms with E-state index in [1.54, 1.807) is 35.5 Å². The lowest BCUT2D eigenvalue weighted by Gasteiger charge is -2.32. The summed E-state index contributed by atoms with van der Waals surface area (Å²) in [5, 5.41) is 15.6. The van der Waals surface area contributed by atoms with Gasteiger partial charge in [0.1, 0.15) is 17.6 Å². The van der Waals surface area contributed by atoms with E-state index in [4.69, 9.17) is 9.47 Å². The monoisotopic (exact) mass is 548 g/mol. The number of rotatable bonds is 8. The van der Waals surface area contributed by atoms with Crippen LogP contribution in [0, 0.1) is 5.92 Å². The molecule has 1 aliphatic carbocycles. The molecule has 0 amide bonds. The Morgan fingerprint density at radius 3 is 2.23 bits per heavy atom. The molecule has 0 saturated carbocycles. The highest BCUT2D eigenvalue weighted by atomic mass is 19.4. The van der Waals surface area contributed by atoms with Gasteiger partial charge in [0.15, 0.2) is 5.60 Å². The van der Waals surface area contributed by atoms with Crippen molar-refractivity contribution in [2.24, 2.45) is 11.0 Å². The fraction of sp³-hybridized carbons (Fsp3) is 0.226.